The summed E-state index contributed by atoms with van der Waals surface area (Å²) in [5, 5.41) is 2.98. The first kappa shape index (κ1) is 16.4. The summed E-state index contributed by atoms with van der Waals surface area (Å²) in [6.45, 7) is 1.96. The monoisotopic (exact) mass is 321 g/mol. The van der Waals surface area contributed by atoms with E-state index in [2.05, 4.69) is 39.5 Å². The molecule has 1 aromatic heterocycles. The molecule has 0 aliphatic carbocycles. The van der Waals surface area contributed by atoms with Crippen molar-refractivity contribution >= 4 is 12.0 Å². The molecule has 2 heterocycles. The predicted molar refractivity (Wildman–Crippen MR) is 96.2 cm³/mol. The molecule has 0 bridgehead atoms. The van der Waals surface area contributed by atoms with Gasteiger partial charge in [0, 0.05) is 25.0 Å². The topological polar surface area (TPSA) is 45.2 Å². The zero-order chi connectivity index (χ0) is 16.6. The Kier molecular flexibility index (Phi) is 5.75. The van der Waals surface area contributed by atoms with Gasteiger partial charge in [0.15, 0.2) is 0 Å². The number of nitrogens with one attached hydrogen (secondary N) is 1. The van der Waals surface area contributed by atoms with E-state index >= 15 is 0 Å². The Balaban J connectivity index is 1.50. The van der Waals surface area contributed by atoms with E-state index in [0.29, 0.717) is 19.1 Å². The van der Waals surface area contributed by atoms with Crippen LogP contribution in [0.3, 0.4) is 0 Å². The highest BCUT2D eigenvalue weighted by Crippen LogP contribution is 2.19. The average molecular weight is 321 g/mol. The molecule has 1 aliphatic rings. The molecule has 124 valence electrons. The van der Waals surface area contributed by atoms with Crippen LogP contribution in [0.25, 0.3) is 6.08 Å². The third-order valence-corrected chi connectivity index (χ3v) is 4.28. The van der Waals surface area contributed by atoms with Crippen molar-refractivity contribution in [1.82, 2.24) is 15.2 Å². The van der Waals surface area contributed by atoms with Gasteiger partial charge < -0.3 is 5.32 Å². The maximum atomic E-state index is 12.2. The van der Waals surface area contributed by atoms with Crippen molar-refractivity contribution in [2.75, 3.05) is 13.1 Å². The van der Waals surface area contributed by atoms with E-state index in [0.717, 1.165) is 24.9 Å². The minimum atomic E-state index is 0.0684. The van der Waals surface area contributed by atoms with Crippen LogP contribution in [0.5, 0.6) is 0 Å². The third kappa shape index (κ3) is 4.77. The van der Waals surface area contributed by atoms with Crippen LogP contribution in [0.4, 0.5) is 0 Å². The second-order valence-corrected chi connectivity index (χ2v) is 6.09. The zero-order valence-corrected chi connectivity index (χ0v) is 13.8. The van der Waals surface area contributed by atoms with E-state index in [1.807, 2.05) is 30.3 Å². The Morgan fingerprint density at radius 1 is 1.25 bits per heavy atom. The molecule has 1 saturated heterocycles. The van der Waals surface area contributed by atoms with Crippen LogP contribution < -0.4 is 5.32 Å². The van der Waals surface area contributed by atoms with Crippen LogP contribution in [0.1, 0.15) is 24.0 Å². The standard InChI is InChI=1S/C20H23N3O/c24-20(22-15-18-8-4-12-21-14-18)16-23-13-5-9-19(23)11-10-17-6-2-1-3-7-17/h1-4,6-8,10-12,14,19H,5,9,13,15-16H2,(H,22,24)/b11-10+. The minimum Gasteiger partial charge on any atom is -0.351 e. The first-order valence-electron chi connectivity index (χ1n) is 8.44. The Morgan fingerprint density at radius 3 is 2.92 bits per heavy atom. The van der Waals surface area contributed by atoms with Gasteiger partial charge in [-0.1, -0.05) is 48.6 Å². The van der Waals surface area contributed by atoms with Crippen LogP contribution in [0.15, 0.2) is 60.9 Å². The van der Waals surface area contributed by atoms with E-state index in [-0.39, 0.29) is 5.91 Å². The second-order valence-electron chi connectivity index (χ2n) is 6.09. The summed E-state index contributed by atoms with van der Waals surface area (Å²) in [7, 11) is 0. The van der Waals surface area contributed by atoms with Gasteiger partial charge in [-0.2, -0.15) is 0 Å². The van der Waals surface area contributed by atoms with Crippen molar-refractivity contribution in [3.8, 4) is 0 Å². The molecule has 1 unspecified atom stereocenters. The number of hydrogen-bond donors (Lipinski definition) is 1. The van der Waals surface area contributed by atoms with Crippen molar-refractivity contribution in [3.63, 3.8) is 0 Å². The number of hydrogen-bond acceptors (Lipinski definition) is 3. The predicted octanol–water partition coefficient (Wildman–Crippen LogP) is 2.88. The summed E-state index contributed by atoms with van der Waals surface area (Å²) in [4.78, 5) is 18.5. The molecule has 3 rings (SSSR count). The van der Waals surface area contributed by atoms with E-state index in [1.165, 1.54) is 5.56 Å². The van der Waals surface area contributed by atoms with Gasteiger partial charge in [0.05, 0.1) is 6.54 Å². The summed E-state index contributed by atoms with van der Waals surface area (Å²) in [6, 6.07) is 14.5. The Labute approximate surface area is 143 Å². The largest absolute Gasteiger partial charge is 0.351 e. The second kappa shape index (κ2) is 8.41. The summed E-state index contributed by atoms with van der Waals surface area (Å²) < 4.78 is 0. The van der Waals surface area contributed by atoms with Gasteiger partial charge in [0.25, 0.3) is 0 Å². The number of carbonyl (C=O) groups is 1. The number of likely N-dealkylation sites (tertiary alicyclic amines) is 1. The molecule has 1 N–H and O–H groups in total. The molecule has 1 atom stereocenters. The number of pyridine rings is 1. The molecule has 1 amide bonds. The van der Waals surface area contributed by atoms with E-state index < -0.39 is 0 Å². The molecule has 4 nitrogen and oxygen atoms in total. The number of rotatable bonds is 6. The lowest BCUT2D eigenvalue weighted by Gasteiger charge is -2.21. The van der Waals surface area contributed by atoms with Gasteiger partial charge in [-0.15, -0.1) is 0 Å². The van der Waals surface area contributed by atoms with E-state index in [4.69, 9.17) is 0 Å². The van der Waals surface area contributed by atoms with Gasteiger partial charge in [0.1, 0.15) is 0 Å². The summed E-state index contributed by atoms with van der Waals surface area (Å²) in [5.41, 5.74) is 2.22. The fourth-order valence-corrected chi connectivity index (χ4v) is 3.00. The van der Waals surface area contributed by atoms with Gasteiger partial charge >= 0.3 is 0 Å². The van der Waals surface area contributed by atoms with Crippen LogP contribution in [0.2, 0.25) is 0 Å². The molecule has 0 radical (unpaired) electrons. The highest BCUT2D eigenvalue weighted by molar-refractivity contribution is 5.78. The van der Waals surface area contributed by atoms with Gasteiger partial charge in [-0.25, -0.2) is 0 Å². The number of benzene rings is 1. The van der Waals surface area contributed by atoms with Crippen LogP contribution in [0, 0.1) is 0 Å². The molecule has 1 fully saturated rings. The number of nitrogens with zero attached hydrogens (tertiary/aromatic N) is 2. The summed E-state index contributed by atoms with van der Waals surface area (Å²) in [5.74, 6) is 0.0684. The fourth-order valence-electron chi connectivity index (χ4n) is 3.00. The quantitative estimate of drug-likeness (QED) is 0.890. The van der Waals surface area contributed by atoms with E-state index in [9.17, 15) is 4.79 Å². The summed E-state index contributed by atoms with van der Waals surface area (Å²) >= 11 is 0. The Bertz CT molecular complexity index is 670. The maximum absolute atomic E-state index is 12.2. The van der Waals surface area contributed by atoms with Gasteiger partial charge in [0.2, 0.25) is 5.91 Å². The molecule has 0 spiro atoms. The Morgan fingerprint density at radius 2 is 2.12 bits per heavy atom. The molecule has 1 aliphatic heterocycles. The Hall–Kier alpha value is -2.46. The van der Waals surface area contributed by atoms with Gasteiger partial charge in [-0.05, 0) is 36.6 Å². The molecule has 1 aromatic carbocycles. The SMILES string of the molecule is O=C(CN1CCCC1/C=C/c1ccccc1)NCc1cccnc1. The number of amides is 1. The molecule has 0 saturated carbocycles. The van der Waals surface area contributed by atoms with Crippen molar-refractivity contribution in [1.29, 1.82) is 0 Å². The average Bonchev–Trinajstić information content (AvgIpc) is 3.07. The van der Waals surface area contributed by atoms with E-state index in [1.54, 1.807) is 12.4 Å². The van der Waals surface area contributed by atoms with Gasteiger partial charge in [-0.3, -0.25) is 14.7 Å². The smallest absolute Gasteiger partial charge is 0.234 e. The molecular formula is C20H23N3O. The first-order valence-corrected chi connectivity index (χ1v) is 8.44. The molecular weight excluding hydrogens is 298 g/mol. The lowest BCUT2D eigenvalue weighted by atomic mass is 10.1. The summed E-state index contributed by atoms with van der Waals surface area (Å²) in [6.07, 6.45) is 10.1. The number of carbonyl (C=O) groups excluding carboxylic acids is 1. The highest BCUT2D eigenvalue weighted by Gasteiger charge is 2.23. The van der Waals surface area contributed by atoms with Crippen molar-refractivity contribution in [2.24, 2.45) is 0 Å². The lowest BCUT2D eigenvalue weighted by molar-refractivity contribution is -0.122. The molecule has 24 heavy (non-hydrogen) atoms. The fraction of sp³-hybridized carbons (Fsp3) is 0.300. The highest BCUT2D eigenvalue weighted by atomic mass is 16.2. The van der Waals surface area contributed by atoms with Crippen molar-refractivity contribution < 1.29 is 4.79 Å². The maximum Gasteiger partial charge on any atom is 0.234 e. The van der Waals surface area contributed by atoms with Crippen LogP contribution in [-0.4, -0.2) is 34.9 Å². The molecule has 4 heteroatoms. The third-order valence-electron chi connectivity index (χ3n) is 4.28. The lowest BCUT2D eigenvalue weighted by Crippen LogP contribution is -2.38. The van der Waals surface area contributed by atoms with Crippen LogP contribution in [-0.2, 0) is 11.3 Å². The van der Waals surface area contributed by atoms with Crippen LogP contribution >= 0.6 is 0 Å². The first-order chi connectivity index (χ1) is 11.8. The molecule has 2 aromatic rings. The normalized spacial score (nSPS) is 18.1. The zero-order valence-electron chi connectivity index (χ0n) is 13.8. The minimum absolute atomic E-state index is 0.0684. The van der Waals surface area contributed by atoms with Crippen molar-refractivity contribution in [2.45, 2.75) is 25.4 Å². The number of aromatic nitrogens is 1. The van der Waals surface area contributed by atoms with Crippen molar-refractivity contribution in [3.05, 3.63) is 72.1 Å².